The minimum absolute atomic E-state index is 0.0748. The average molecular weight is 390 g/mol. The molecule has 1 aliphatic heterocycles. The number of carboxylic acid groups (broad SMARTS) is 1. The van der Waals surface area contributed by atoms with Gasteiger partial charge in [0.2, 0.25) is 0 Å². The minimum Gasteiger partial charge on any atom is -0.497 e. The van der Waals surface area contributed by atoms with Crippen LogP contribution in [0.1, 0.15) is 23.5 Å². The zero-order chi connectivity index (χ0) is 20.2. The quantitative estimate of drug-likeness (QED) is 0.622. The maximum Gasteiger partial charge on any atom is 0.304 e. The molecule has 5 heteroatoms. The summed E-state index contributed by atoms with van der Waals surface area (Å²) in [6.45, 7) is 0.830. The van der Waals surface area contributed by atoms with E-state index in [2.05, 4.69) is 12.1 Å². The van der Waals surface area contributed by atoms with Crippen LogP contribution in [0.4, 0.5) is 0 Å². The summed E-state index contributed by atoms with van der Waals surface area (Å²) in [6.07, 6.45) is 0.0748. The van der Waals surface area contributed by atoms with Gasteiger partial charge in [-0.2, -0.15) is 0 Å². The van der Waals surface area contributed by atoms with Gasteiger partial charge < -0.3 is 19.3 Å². The first-order valence-corrected chi connectivity index (χ1v) is 9.47. The Hall–Kier alpha value is -3.47. The van der Waals surface area contributed by atoms with Crippen molar-refractivity contribution < 1.29 is 24.1 Å². The van der Waals surface area contributed by atoms with Gasteiger partial charge in [0.15, 0.2) is 0 Å². The fourth-order valence-corrected chi connectivity index (χ4v) is 3.52. The smallest absolute Gasteiger partial charge is 0.304 e. The van der Waals surface area contributed by atoms with E-state index >= 15 is 0 Å². The molecule has 4 rings (SSSR count). The highest BCUT2D eigenvalue weighted by atomic mass is 16.5. The van der Waals surface area contributed by atoms with E-state index in [0.717, 1.165) is 28.0 Å². The SMILES string of the molecule is COc1ccc(-c2cccc(COc3ccc4c(c3)OC[C@H]4CC(=O)O)c2)cc1. The van der Waals surface area contributed by atoms with Gasteiger partial charge in [0, 0.05) is 17.5 Å². The Kier molecular flexibility index (Phi) is 5.38. The summed E-state index contributed by atoms with van der Waals surface area (Å²) in [5.74, 6) is 1.33. The molecule has 0 amide bonds. The van der Waals surface area contributed by atoms with Crippen LogP contribution in [0.2, 0.25) is 0 Å². The number of aliphatic carboxylic acids is 1. The molecule has 1 atom stereocenters. The molecule has 3 aromatic rings. The second-order valence-electron chi connectivity index (χ2n) is 7.02. The van der Waals surface area contributed by atoms with Gasteiger partial charge in [-0.25, -0.2) is 0 Å². The molecule has 0 aliphatic carbocycles. The zero-order valence-corrected chi connectivity index (χ0v) is 16.1. The molecular formula is C24H22O5. The average Bonchev–Trinajstić information content (AvgIpc) is 3.14. The Labute approximate surface area is 169 Å². The van der Waals surface area contributed by atoms with E-state index < -0.39 is 5.97 Å². The van der Waals surface area contributed by atoms with Crippen molar-refractivity contribution in [2.45, 2.75) is 18.9 Å². The first kappa shape index (κ1) is 18.9. The van der Waals surface area contributed by atoms with Crippen molar-refractivity contribution in [3.63, 3.8) is 0 Å². The molecule has 148 valence electrons. The van der Waals surface area contributed by atoms with Gasteiger partial charge in [0.25, 0.3) is 0 Å². The lowest BCUT2D eigenvalue weighted by atomic mass is 9.98. The van der Waals surface area contributed by atoms with Crippen molar-refractivity contribution in [3.8, 4) is 28.4 Å². The summed E-state index contributed by atoms with van der Waals surface area (Å²) in [4.78, 5) is 11.0. The standard InChI is InChI=1S/C24H22O5/c1-27-20-7-5-17(6-8-20)18-4-2-3-16(11-18)14-28-21-9-10-22-19(12-24(25)26)15-29-23(22)13-21/h2-11,13,19H,12,14-15H2,1H3,(H,25,26)/t19-/m1/s1. The predicted octanol–water partition coefficient (Wildman–Crippen LogP) is 4.89. The van der Waals surface area contributed by atoms with Crippen molar-refractivity contribution in [1.82, 2.24) is 0 Å². The molecule has 0 radical (unpaired) electrons. The number of hydrogen-bond acceptors (Lipinski definition) is 4. The Morgan fingerprint density at radius 2 is 1.83 bits per heavy atom. The largest absolute Gasteiger partial charge is 0.497 e. The highest BCUT2D eigenvalue weighted by Crippen LogP contribution is 2.38. The lowest BCUT2D eigenvalue weighted by Crippen LogP contribution is -2.07. The topological polar surface area (TPSA) is 65.0 Å². The summed E-state index contributed by atoms with van der Waals surface area (Å²) in [5.41, 5.74) is 4.22. The fraction of sp³-hybridized carbons (Fsp3) is 0.208. The van der Waals surface area contributed by atoms with E-state index in [1.807, 2.05) is 54.6 Å². The van der Waals surface area contributed by atoms with Crippen LogP contribution in [-0.2, 0) is 11.4 Å². The van der Waals surface area contributed by atoms with Crippen molar-refractivity contribution in [2.24, 2.45) is 0 Å². The lowest BCUT2D eigenvalue weighted by molar-refractivity contribution is -0.137. The van der Waals surface area contributed by atoms with Gasteiger partial charge in [-0.1, -0.05) is 36.4 Å². The molecule has 1 aliphatic rings. The number of methoxy groups -OCH3 is 1. The fourth-order valence-electron chi connectivity index (χ4n) is 3.52. The molecule has 1 heterocycles. The number of ether oxygens (including phenoxy) is 3. The molecule has 0 saturated heterocycles. The zero-order valence-electron chi connectivity index (χ0n) is 16.1. The van der Waals surface area contributed by atoms with Crippen molar-refractivity contribution in [3.05, 3.63) is 77.9 Å². The van der Waals surface area contributed by atoms with Crippen LogP contribution in [0.25, 0.3) is 11.1 Å². The summed E-state index contributed by atoms with van der Waals surface area (Å²) < 4.78 is 16.8. The molecule has 29 heavy (non-hydrogen) atoms. The predicted molar refractivity (Wildman–Crippen MR) is 110 cm³/mol. The summed E-state index contributed by atoms with van der Waals surface area (Å²) in [5, 5.41) is 9.01. The van der Waals surface area contributed by atoms with Crippen LogP contribution < -0.4 is 14.2 Å². The molecule has 0 unspecified atom stereocenters. The van der Waals surface area contributed by atoms with Gasteiger partial charge in [0.1, 0.15) is 23.9 Å². The van der Waals surface area contributed by atoms with Gasteiger partial charge in [-0.05, 0) is 41.0 Å². The number of rotatable bonds is 7. The molecule has 3 aromatic carbocycles. The molecular weight excluding hydrogens is 368 g/mol. The number of benzene rings is 3. The Morgan fingerprint density at radius 3 is 2.59 bits per heavy atom. The Balaban J connectivity index is 1.44. The third-order valence-corrected chi connectivity index (χ3v) is 5.04. The molecule has 0 spiro atoms. The van der Waals surface area contributed by atoms with Crippen molar-refractivity contribution in [1.29, 1.82) is 0 Å². The summed E-state index contributed by atoms with van der Waals surface area (Å²) in [7, 11) is 1.66. The highest BCUT2D eigenvalue weighted by molar-refractivity contribution is 5.69. The highest BCUT2D eigenvalue weighted by Gasteiger charge is 2.26. The van der Waals surface area contributed by atoms with E-state index in [0.29, 0.717) is 24.7 Å². The van der Waals surface area contributed by atoms with Crippen LogP contribution in [0.3, 0.4) is 0 Å². The second kappa shape index (κ2) is 8.27. The van der Waals surface area contributed by atoms with Crippen molar-refractivity contribution in [2.75, 3.05) is 13.7 Å². The third-order valence-electron chi connectivity index (χ3n) is 5.04. The number of hydrogen-bond donors (Lipinski definition) is 1. The van der Waals surface area contributed by atoms with Crippen LogP contribution in [0.15, 0.2) is 66.7 Å². The van der Waals surface area contributed by atoms with Crippen LogP contribution in [-0.4, -0.2) is 24.8 Å². The van der Waals surface area contributed by atoms with E-state index in [1.165, 1.54) is 0 Å². The molecule has 1 N–H and O–H groups in total. The third kappa shape index (κ3) is 4.35. The van der Waals surface area contributed by atoms with Gasteiger partial charge >= 0.3 is 5.97 Å². The Bertz CT molecular complexity index is 1010. The van der Waals surface area contributed by atoms with Crippen LogP contribution >= 0.6 is 0 Å². The molecule has 0 aromatic heterocycles. The normalized spacial score (nSPS) is 14.7. The van der Waals surface area contributed by atoms with Gasteiger partial charge in [-0.3, -0.25) is 4.79 Å². The number of carbonyl (C=O) groups is 1. The summed E-state index contributed by atoms with van der Waals surface area (Å²) in [6, 6.07) is 21.8. The van der Waals surface area contributed by atoms with Gasteiger partial charge in [-0.15, -0.1) is 0 Å². The van der Waals surface area contributed by atoms with E-state index in [-0.39, 0.29) is 12.3 Å². The molecule has 0 saturated carbocycles. The van der Waals surface area contributed by atoms with Crippen molar-refractivity contribution >= 4 is 5.97 Å². The second-order valence-corrected chi connectivity index (χ2v) is 7.02. The van der Waals surface area contributed by atoms with E-state index in [4.69, 9.17) is 19.3 Å². The number of carboxylic acids is 1. The van der Waals surface area contributed by atoms with E-state index in [9.17, 15) is 4.79 Å². The van der Waals surface area contributed by atoms with E-state index in [1.54, 1.807) is 7.11 Å². The minimum atomic E-state index is -0.816. The van der Waals surface area contributed by atoms with Crippen LogP contribution in [0, 0.1) is 0 Å². The maximum atomic E-state index is 11.0. The van der Waals surface area contributed by atoms with Gasteiger partial charge in [0.05, 0.1) is 20.1 Å². The molecule has 0 fully saturated rings. The lowest BCUT2D eigenvalue weighted by Gasteiger charge is -2.10. The Morgan fingerprint density at radius 1 is 1.03 bits per heavy atom. The molecule has 5 nitrogen and oxygen atoms in total. The monoisotopic (exact) mass is 390 g/mol. The van der Waals surface area contributed by atoms with Crippen LogP contribution in [0.5, 0.6) is 17.2 Å². The first-order valence-electron chi connectivity index (χ1n) is 9.47. The first-order chi connectivity index (χ1) is 14.1. The number of fused-ring (bicyclic) bond motifs is 1. The molecule has 0 bridgehead atoms. The maximum absolute atomic E-state index is 11.0. The summed E-state index contributed by atoms with van der Waals surface area (Å²) >= 11 is 0.